The maximum absolute atomic E-state index is 13.1. The van der Waals surface area contributed by atoms with Gasteiger partial charge in [-0.3, -0.25) is 4.68 Å². The third-order valence-electron chi connectivity index (χ3n) is 3.30. The number of benzene rings is 1. The van der Waals surface area contributed by atoms with E-state index >= 15 is 0 Å². The van der Waals surface area contributed by atoms with Gasteiger partial charge in [-0.15, -0.1) is 0 Å². The largest absolute Gasteiger partial charge is 0.362 e. The number of aromatic nitrogens is 2. The van der Waals surface area contributed by atoms with Crippen LogP contribution in [0.25, 0.3) is 0 Å². The van der Waals surface area contributed by atoms with Crippen LogP contribution in [0.1, 0.15) is 12.0 Å². The molecule has 2 N–H and O–H groups in total. The minimum absolute atomic E-state index is 0.350. The van der Waals surface area contributed by atoms with E-state index in [-0.39, 0.29) is 5.82 Å². The van der Waals surface area contributed by atoms with Gasteiger partial charge in [0.25, 0.3) is 0 Å². The van der Waals surface area contributed by atoms with Crippen molar-refractivity contribution in [2.24, 2.45) is 0 Å². The van der Waals surface area contributed by atoms with Crippen LogP contribution in [0.5, 0.6) is 0 Å². The summed E-state index contributed by atoms with van der Waals surface area (Å²) < 4.78 is 14.8. The molecule has 1 heterocycles. The lowest BCUT2D eigenvalue weighted by Gasteiger charge is -2.11. The molecular weight excluding hydrogens is 349 g/mol. The summed E-state index contributed by atoms with van der Waals surface area (Å²) in [7, 11) is 4.08. The Morgan fingerprint density at radius 3 is 2.88 bits per heavy atom. The fraction of sp³-hybridized carbons (Fsp3) is 0.375. The van der Waals surface area contributed by atoms with Crippen molar-refractivity contribution in [3.63, 3.8) is 0 Å². The van der Waals surface area contributed by atoms with E-state index in [1.807, 2.05) is 26.4 Å². The fourth-order valence-corrected chi connectivity index (χ4v) is 2.53. The van der Waals surface area contributed by atoms with Crippen LogP contribution in [0.15, 0.2) is 30.5 Å². The predicted molar refractivity (Wildman–Crippen MR) is 100 cm³/mol. The standard InChI is InChI=1S/C16H21ClFN5S/c1-22(2)8-3-7-19-16(24)20-15-6-9-23(21-15)11-12-4-5-13(18)10-14(12)17/h4-6,9-10H,3,7-8,11H2,1-2H3,(H2,19,20,21,24). The number of hydrogen-bond acceptors (Lipinski definition) is 3. The van der Waals surface area contributed by atoms with Crippen molar-refractivity contribution in [1.29, 1.82) is 0 Å². The van der Waals surface area contributed by atoms with Crippen LogP contribution in [0, 0.1) is 5.82 Å². The van der Waals surface area contributed by atoms with E-state index in [4.69, 9.17) is 23.8 Å². The highest BCUT2D eigenvalue weighted by Gasteiger charge is 2.06. The molecule has 130 valence electrons. The number of rotatable bonds is 7. The first-order valence-electron chi connectivity index (χ1n) is 7.61. The molecule has 0 saturated heterocycles. The predicted octanol–water partition coefficient (Wildman–Crippen LogP) is 2.96. The highest BCUT2D eigenvalue weighted by molar-refractivity contribution is 7.80. The lowest BCUT2D eigenvalue weighted by molar-refractivity contribution is 0.400. The molecule has 0 bridgehead atoms. The second kappa shape index (κ2) is 8.96. The van der Waals surface area contributed by atoms with Gasteiger partial charge in [-0.05, 0) is 57.0 Å². The van der Waals surface area contributed by atoms with Crippen LogP contribution in [0.3, 0.4) is 0 Å². The first-order valence-corrected chi connectivity index (χ1v) is 8.39. The smallest absolute Gasteiger partial charge is 0.171 e. The summed E-state index contributed by atoms with van der Waals surface area (Å²) in [4.78, 5) is 2.13. The minimum Gasteiger partial charge on any atom is -0.362 e. The number of anilines is 1. The van der Waals surface area contributed by atoms with E-state index in [9.17, 15) is 4.39 Å². The number of thiocarbonyl (C=S) groups is 1. The average Bonchev–Trinajstić information content (AvgIpc) is 2.93. The normalized spacial score (nSPS) is 10.9. The fourth-order valence-electron chi connectivity index (χ4n) is 2.10. The number of hydrogen-bond donors (Lipinski definition) is 2. The summed E-state index contributed by atoms with van der Waals surface area (Å²) in [6, 6.07) is 6.16. The number of nitrogens with one attached hydrogen (secondary N) is 2. The lowest BCUT2D eigenvalue weighted by atomic mass is 10.2. The molecule has 1 aromatic heterocycles. The second-order valence-electron chi connectivity index (χ2n) is 5.67. The topological polar surface area (TPSA) is 45.1 Å². The first kappa shape index (κ1) is 18.6. The van der Waals surface area contributed by atoms with Gasteiger partial charge in [-0.25, -0.2) is 4.39 Å². The molecule has 0 aliphatic rings. The van der Waals surface area contributed by atoms with E-state index in [1.165, 1.54) is 12.1 Å². The Balaban J connectivity index is 1.83. The quantitative estimate of drug-likeness (QED) is 0.580. The molecule has 0 amide bonds. The van der Waals surface area contributed by atoms with Crippen LogP contribution in [-0.4, -0.2) is 47.0 Å². The maximum atomic E-state index is 13.1. The van der Waals surface area contributed by atoms with Gasteiger partial charge < -0.3 is 15.5 Å². The van der Waals surface area contributed by atoms with Crippen LogP contribution < -0.4 is 10.6 Å². The maximum Gasteiger partial charge on any atom is 0.171 e. The van der Waals surface area contributed by atoms with Crippen LogP contribution in [-0.2, 0) is 6.54 Å². The number of nitrogens with zero attached hydrogens (tertiary/aromatic N) is 3. The molecule has 0 unspecified atom stereocenters. The zero-order chi connectivity index (χ0) is 17.5. The molecule has 0 aliphatic carbocycles. The monoisotopic (exact) mass is 369 g/mol. The Kier molecular flexibility index (Phi) is 6.96. The highest BCUT2D eigenvalue weighted by atomic mass is 35.5. The molecule has 0 spiro atoms. The van der Waals surface area contributed by atoms with E-state index < -0.39 is 0 Å². The van der Waals surface area contributed by atoms with Gasteiger partial charge in [-0.2, -0.15) is 5.10 Å². The van der Waals surface area contributed by atoms with Crippen molar-refractivity contribution in [3.05, 3.63) is 46.9 Å². The molecule has 24 heavy (non-hydrogen) atoms. The van der Waals surface area contributed by atoms with E-state index in [0.29, 0.717) is 22.5 Å². The van der Waals surface area contributed by atoms with Crippen molar-refractivity contribution in [1.82, 2.24) is 20.0 Å². The summed E-state index contributed by atoms with van der Waals surface area (Å²) in [5.41, 5.74) is 0.803. The van der Waals surface area contributed by atoms with Crippen molar-refractivity contribution in [3.8, 4) is 0 Å². The Morgan fingerprint density at radius 1 is 1.38 bits per heavy atom. The van der Waals surface area contributed by atoms with Gasteiger partial charge in [0.1, 0.15) is 5.82 Å². The van der Waals surface area contributed by atoms with Crippen molar-refractivity contribution < 1.29 is 4.39 Å². The molecule has 1 aromatic carbocycles. The van der Waals surface area contributed by atoms with Gasteiger partial charge in [0.15, 0.2) is 10.9 Å². The van der Waals surface area contributed by atoms with Gasteiger partial charge in [0, 0.05) is 23.8 Å². The summed E-state index contributed by atoms with van der Waals surface area (Å²) in [5, 5.41) is 11.5. The summed E-state index contributed by atoms with van der Waals surface area (Å²) in [5.74, 6) is 0.301. The molecule has 5 nitrogen and oxygen atoms in total. The van der Waals surface area contributed by atoms with Crippen molar-refractivity contribution >= 4 is 34.7 Å². The molecule has 0 atom stereocenters. The third kappa shape index (κ3) is 6.07. The molecule has 2 aromatic rings. The van der Waals surface area contributed by atoms with Gasteiger partial charge in [-0.1, -0.05) is 17.7 Å². The molecule has 8 heteroatoms. The molecule has 0 radical (unpaired) electrons. The molecule has 0 aliphatic heterocycles. The molecule has 0 saturated carbocycles. The van der Waals surface area contributed by atoms with Gasteiger partial charge in [0.05, 0.1) is 6.54 Å². The Hall–Kier alpha value is -1.70. The van der Waals surface area contributed by atoms with E-state index in [0.717, 1.165) is 25.1 Å². The second-order valence-corrected chi connectivity index (χ2v) is 6.49. The SMILES string of the molecule is CN(C)CCCNC(=S)Nc1ccn(Cc2ccc(F)cc2Cl)n1. The molecule has 0 fully saturated rings. The molecular formula is C16H21ClFN5S. The highest BCUT2D eigenvalue weighted by Crippen LogP contribution is 2.18. The van der Waals surface area contributed by atoms with Gasteiger partial charge in [0.2, 0.25) is 0 Å². The average molecular weight is 370 g/mol. The summed E-state index contributed by atoms with van der Waals surface area (Å²) >= 11 is 11.3. The van der Waals surface area contributed by atoms with E-state index in [2.05, 4.69) is 20.6 Å². The van der Waals surface area contributed by atoms with Crippen LogP contribution in [0.4, 0.5) is 10.2 Å². The minimum atomic E-state index is -0.350. The lowest BCUT2D eigenvalue weighted by Crippen LogP contribution is -2.31. The van der Waals surface area contributed by atoms with Gasteiger partial charge >= 0.3 is 0 Å². The van der Waals surface area contributed by atoms with Crippen LogP contribution >= 0.6 is 23.8 Å². The Morgan fingerprint density at radius 2 is 2.17 bits per heavy atom. The molecule has 2 rings (SSSR count). The summed E-state index contributed by atoms with van der Waals surface area (Å²) in [6.45, 7) is 2.27. The Bertz CT molecular complexity index is 689. The zero-order valence-corrected chi connectivity index (χ0v) is 15.3. The zero-order valence-electron chi connectivity index (χ0n) is 13.7. The van der Waals surface area contributed by atoms with Crippen molar-refractivity contribution in [2.45, 2.75) is 13.0 Å². The van der Waals surface area contributed by atoms with E-state index in [1.54, 1.807) is 10.7 Å². The van der Waals surface area contributed by atoms with Crippen molar-refractivity contribution in [2.75, 3.05) is 32.5 Å². The Labute approximate surface area is 151 Å². The van der Waals surface area contributed by atoms with Crippen LogP contribution in [0.2, 0.25) is 5.02 Å². The third-order valence-corrected chi connectivity index (χ3v) is 3.90. The summed E-state index contributed by atoms with van der Waals surface area (Å²) in [6.07, 6.45) is 2.82. The number of halogens is 2. The first-order chi connectivity index (χ1) is 11.4.